The topological polar surface area (TPSA) is 104 Å². The van der Waals surface area contributed by atoms with E-state index in [9.17, 15) is 9.90 Å². The molecule has 2 saturated heterocycles. The summed E-state index contributed by atoms with van der Waals surface area (Å²) < 4.78 is 29.6. The Morgan fingerprint density at radius 1 is 1.09 bits per heavy atom. The normalized spacial score (nSPS) is 27.0. The van der Waals surface area contributed by atoms with E-state index in [0.29, 0.717) is 6.42 Å². The monoisotopic (exact) mass is 602 g/mol. The largest absolute Gasteiger partial charge is 0.481 e. The van der Waals surface area contributed by atoms with Crippen LogP contribution in [0.3, 0.4) is 0 Å². The van der Waals surface area contributed by atoms with E-state index >= 15 is 0 Å². The molecule has 2 aliphatic rings. The van der Waals surface area contributed by atoms with Crippen LogP contribution in [0, 0.1) is 11.8 Å². The molecule has 1 unspecified atom stereocenters. The van der Waals surface area contributed by atoms with Gasteiger partial charge in [0.2, 0.25) is 0 Å². The smallest absolute Gasteiger partial charge is 0.310 e. The highest BCUT2D eigenvalue weighted by atomic mass is 16.7. The lowest BCUT2D eigenvalue weighted by molar-refractivity contribution is -0.169. The first kappa shape index (κ1) is 36.9. The van der Waals surface area contributed by atoms with Crippen molar-refractivity contribution >= 4 is 5.97 Å². The molecule has 0 aromatic carbocycles. The highest BCUT2D eigenvalue weighted by Gasteiger charge is 2.39. The van der Waals surface area contributed by atoms with Crippen LogP contribution in [0.4, 0.5) is 0 Å². The van der Waals surface area contributed by atoms with Gasteiger partial charge in [0.05, 0.1) is 24.2 Å². The van der Waals surface area contributed by atoms with Crippen molar-refractivity contribution < 1.29 is 38.7 Å². The van der Waals surface area contributed by atoms with Crippen molar-refractivity contribution in [3.05, 3.63) is 72.9 Å². The highest BCUT2D eigenvalue weighted by Crippen LogP contribution is 2.32. The Kier molecular flexibility index (Phi) is 15.8. The molecule has 0 aromatic heterocycles. The second-order valence-electron chi connectivity index (χ2n) is 12.3. The van der Waals surface area contributed by atoms with Crippen LogP contribution in [0.15, 0.2) is 72.9 Å². The second kappa shape index (κ2) is 18.5. The van der Waals surface area contributed by atoms with Crippen LogP contribution in [0.25, 0.3) is 0 Å². The van der Waals surface area contributed by atoms with E-state index in [1.165, 1.54) is 0 Å². The van der Waals surface area contributed by atoms with E-state index in [4.69, 9.17) is 28.8 Å². The van der Waals surface area contributed by atoms with E-state index in [1.54, 1.807) is 32.3 Å². The van der Waals surface area contributed by atoms with Crippen molar-refractivity contribution in [1.29, 1.82) is 0 Å². The summed E-state index contributed by atoms with van der Waals surface area (Å²) in [6.45, 7) is 17.5. The fourth-order valence-electron chi connectivity index (χ4n) is 5.23. The van der Waals surface area contributed by atoms with Gasteiger partial charge in [0.1, 0.15) is 25.1 Å². The maximum absolute atomic E-state index is 11.2. The molecule has 8 heteroatoms. The van der Waals surface area contributed by atoms with Crippen LogP contribution >= 0.6 is 0 Å². The Labute approximate surface area is 258 Å². The molecule has 2 fully saturated rings. The molecule has 0 aliphatic carbocycles. The fourth-order valence-corrected chi connectivity index (χ4v) is 5.23. The second-order valence-corrected chi connectivity index (χ2v) is 12.3. The molecule has 2 aliphatic heterocycles. The molecule has 8 atom stereocenters. The number of hydrogen-bond acceptors (Lipinski definition) is 7. The molecule has 0 radical (unpaired) electrons. The van der Waals surface area contributed by atoms with Gasteiger partial charge in [-0.1, -0.05) is 79.8 Å². The molecular weight excluding hydrogens is 548 g/mol. The maximum Gasteiger partial charge on any atom is 0.310 e. The summed E-state index contributed by atoms with van der Waals surface area (Å²) >= 11 is 0. The zero-order valence-corrected chi connectivity index (χ0v) is 26.9. The molecular formula is C35H54O8. The number of hydrogen-bond donors (Lipinski definition) is 2. The Morgan fingerprint density at radius 2 is 1.79 bits per heavy atom. The first-order chi connectivity index (χ1) is 20.3. The molecule has 2 rings (SSSR count). The first-order valence-electron chi connectivity index (χ1n) is 15.4. The number of aliphatic hydroxyl groups is 1. The van der Waals surface area contributed by atoms with Crippen molar-refractivity contribution in [2.45, 2.75) is 116 Å². The molecule has 0 spiro atoms. The van der Waals surface area contributed by atoms with Gasteiger partial charge in [-0.05, 0) is 72.1 Å². The van der Waals surface area contributed by atoms with E-state index in [2.05, 4.69) is 19.2 Å². The van der Waals surface area contributed by atoms with Gasteiger partial charge in [0.25, 0.3) is 0 Å². The number of ether oxygens (including phenoxy) is 5. The van der Waals surface area contributed by atoms with Gasteiger partial charge in [-0.15, -0.1) is 0 Å². The zero-order valence-electron chi connectivity index (χ0n) is 26.9. The Balaban J connectivity index is 1.89. The molecule has 0 saturated carbocycles. The summed E-state index contributed by atoms with van der Waals surface area (Å²) in [5.74, 6) is -2.20. The Bertz CT molecular complexity index is 1010. The number of aliphatic hydroxyl groups excluding tert-OH is 1. The molecule has 0 aromatic rings. The third kappa shape index (κ3) is 13.5. The van der Waals surface area contributed by atoms with Gasteiger partial charge < -0.3 is 33.9 Å². The summed E-state index contributed by atoms with van der Waals surface area (Å²) in [5, 5.41) is 20.3. The Hall–Kier alpha value is -2.33. The van der Waals surface area contributed by atoms with Crippen LogP contribution in [0.5, 0.6) is 0 Å². The van der Waals surface area contributed by atoms with Crippen LogP contribution in [-0.4, -0.2) is 72.5 Å². The minimum absolute atomic E-state index is 0.0645. The van der Waals surface area contributed by atoms with E-state index in [-0.39, 0.29) is 37.1 Å². The van der Waals surface area contributed by atoms with Gasteiger partial charge in [-0.2, -0.15) is 0 Å². The minimum Gasteiger partial charge on any atom is -0.481 e. The van der Waals surface area contributed by atoms with Crippen molar-refractivity contribution in [2.75, 3.05) is 13.9 Å². The number of allylic oxidation sites excluding steroid dienone is 7. The molecule has 43 heavy (non-hydrogen) atoms. The van der Waals surface area contributed by atoms with Gasteiger partial charge >= 0.3 is 5.97 Å². The number of methoxy groups -OCH3 is 1. The quantitative estimate of drug-likeness (QED) is 0.0959. The minimum atomic E-state index is -0.863. The summed E-state index contributed by atoms with van der Waals surface area (Å²) in [7, 11) is 1.57. The standard InChI is InChI=1S/C35H54O8/c1-24(2)14-13-15-25(3)22-27(5)32(36)33(40-23-39-8)31-21-20-28(41-31)17-10-12-19-30-29(42-35(6,7)43-30)18-11-9-16-26(4)34(37)38/h9,11-13,15-16,18-19,26-33,36H,1,3,10,14,17,20-23H2,2,4-8H3,(H,37,38)/b15-13+,16-9+,18-11+,19-12+/t26?,27-,28+,29-,30-,31+,32-,33-/m1/s1. The van der Waals surface area contributed by atoms with Crippen molar-refractivity contribution in [2.24, 2.45) is 11.8 Å². The summed E-state index contributed by atoms with van der Waals surface area (Å²) in [6.07, 6.45) is 18.1. The number of carboxylic acid groups (broad SMARTS) is 1. The van der Waals surface area contributed by atoms with Crippen molar-refractivity contribution in [3.63, 3.8) is 0 Å². The first-order valence-corrected chi connectivity index (χ1v) is 15.4. The van der Waals surface area contributed by atoms with Gasteiger partial charge in [-0.3, -0.25) is 4.79 Å². The van der Waals surface area contributed by atoms with Gasteiger partial charge in [0.15, 0.2) is 5.79 Å². The average molecular weight is 603 g/mol. The number of aliphatic carboxylic acids is 1. The summed E-state index contributed by atoms with van der Waals surface area (Å²) in [6, 6.07) is 0. The number of carboxylic acids is 1. The summed E-state index contributed by atoms with van der Waals surface area (Å²) in [5.41, 5.74) is 2.05. The highest BCUT2D eigenvalue weighted by molar-refractivity contribution is 5.71. The van der Waals surface area contributed by atoms with Crippen LogP contribution in [0.1, 0.15) is 73.1 Å². The number of rotatable bonds is 19. The molecule has 2 heterocycles. The lowest BCUT2D eigenvalue weighted by Gasteiger charge is -2.32. The van der Waals surface area contributed by atoms with Crippen LogP contribution < -0.4 is 0 Å². The lowest BCUT2D eigenvalue weighted by Crippen LogP contribution is -2.43. The SMILES string of the molecule is C=C(C)C/C=C/C(=C)C[C@@H](C)[C@@H](O)[C@H](OCOC)[C@@H]1CC[C@H](CC/C=C/[C@H]2OC(C)(C)O[C@@H]2/C=C/C=C/C(C)C(=O)O)O1. The van der Waals surface area contributed by atoms with Crippen molar-refractivity contribution in [1.82, 2.24) is 0 Å². The maximum atomic E-state index is 11.2. The predicted molar refractivity (Wildman–Crippen MR) is 169 cm³/mol. The molecule has 8 nitrogen and oxygen atoms in total. The van der Waals surface area contributed by atoms with Crippen LogP contribution in [0.2, 0.25) is 0 Å². The van der Waals surface area contributed by atoms with Gasteiger partial charge in [0, 0.05) is 7.11 Å². The average Bonchev–Trinajstić information content (AvgIpc) is 3.51. The fraction of sp³-hybridized carbons (Fsp3) is 0.629. The molecule has 242 valence electrons. The van der Waals surface area contributed by atoms with E-state index in [0.717, 1.165) is 43.3 Å². The third-order valence-corrected chi connectivity index (χ3v) is 7.55. The number of carbonyl (C=O) groups is 1. The predicted octanol–water partition coefficient (Wildman–Crippen LogP) is 6.68. The lowest BCUT2D eigenvalue weighted by atomic mass is 9.90. The Morgan fingerprint density at radius 3 is 2.44 bits per heavy atom. The van der Waals surface area contributed by atoms with E-state index in [1.807, 2.05) is 52.0 Å². The third-order valence-electron chi connectivity index (χ3n) is 7.55. The zero-order chi connectivity index (χ0) is 32.0. The van der Waals surface area contributed by atoms with Crippen molar-refractivity contribution in [3.8, 4) is 0 Å². The molecule has 0 amide bonds. The van der Waals surface area contributed by atoms with E-state index < -0.39 is 29.9 Å². The van der Waals surface area contributed by atoms with Gasteiger partial charge in [-0.25, -0.2) is 0 Å². The molecule has 2 N–H and O–H groups in total. The summed E-state index contributed by atoms with van der Waals surface area (Å²) in [4.78, 5) is 11.0. The molecule has 0 bridgehead atoms. The van der Waals surface area contributed by atoms with Crippen LogP contribution in [-0.2, 0) is 28.5 Å².